The third-order valence-electron chi connectivity index (χ3n) is 1.70. The Morgan fingerprint density at radius 3 is 2.44 bits per heavy atom. The SMILES string of the molecule is C/C=C1/CCC(C)(C)O1. The molecule has 0 amide bonds. The third-order valence-corrected chi connectivity index (χ3v) is 1.70. The minimum atomic E-state index is 0.0991. The highest BCUT2D eigenvalue weighted by Gasteiger charge is 2.27. The van der Waals surface area contributed by atoms with E-state index < -0.39 is 0 Å². The molecule has 0 aromatic heterocycles. The number of hydrogen-bond donors (Lipinski definition) is 0. The van der Waals surface area contributed by atoms with E-state index in [1.54, 1.807) is 0 Å². The van der Waals surface area contributed by atoms with Gasteiger partial charge in [-0.3, -0.25) is 0 Å². The van der Waals surface area contributed by atoms with Gasteiger partial charge >= 0.3 is 0 Å². The van der Waals surface area contributed by atoms with Crippen molar-refractivity contribution in [1.29, 1.82) is 0 Å². The van der Waals surface area contributed by atoms with E-state index in [4.69, 9.17) is 4.74 Å². The highest BCUT2D eigenvalue weighted by atomic mass is 16.5. The molecule has 0 radical (unpaired) electrons. The highest BCUT2D eigenvalue weighted by molar-refractivity contribution is 5.00. The summed E-state index contributed by atoms with van der Waals surface area (Å²) in [6.07, 6.45) is 4.32. The van der Waals surface area contributed by atoms with Crippen LogP contribution < -0.4 is 0 Å². The second-order valence-electron chi connectivity index (χ2n) is 3.12. The summed E-state index contributed by atoms with van der Waals surface area (Å²) >= 11 is 0. The molecule has 1 fully saturated rings. The molecular formula is C8H14O. The quantitative estimate of drug-likeness (QED) is 0.484. The molecule has 0 N–H and O–H groups in total. The lowest BCUT2D eigenvalue weighted by Crippen LogP contribution is -2.15. The van der Waals surface area contributed by atoms with Crippen LogP contribution in [0.2, 0.25) is 0 Å². The molecule has 0 spiro atoms. The summed E-state index contributed by atoms with van der Waals surface area (Å²) in [7, 11) is 0. The second kappa shape index (κ2) is 2.05. The first-order valence-corrected chi connectivity index (χ1v) is 3.48. The van der Waals surface area contributed by atoms with Gasteiger partial charge in [0.05, 0.1) is 5.76 Å². The Hall–Kier alpha value is -0.460. The second-order valence-corrected chi connectivity index (χ2v) is 3.12. The molecule has 1 saturated heterocycles. The molecule has 0 saturated carbocycles. The Balaban J connectivity index is 2.57. The van der Waals surface area contributed by atoms with Crippen molar-refractivity contribution in [3.05, 3.63) is 11.8 Å². The first-order valence-electron chi connectivity index (χ1n) is 3.48. The summed E-state index contributed by atoms with van der Waals surface area (Å²) in [5.41, 5.74) is 0.0991. The van der Waals surface area contributed by atoms with Gasteiger partial charge in [-0.15, -0.1) is 0 Å². The lowest BCUT2D eigenvalue weighted by atomic mass is 10.1. The van der Waals surface area contributed by atoms with Crippen molar-refractivity contribution in [3.8, 4) is 0 Å². The Kier molecular flexibility index (Phi) is 1.52. The fourth-order valence-electron chi connectivity index (χ4n) is 1.08. The van der Waals surface area contributed by atoms with E-state index in [2.05, 4.69) is 19.9 Å². The predicted molar refractivity (Wildman–Crippen MR) is 38.2 cm³/mol. The van der Waals surface area contributed by atoms with Crippen LogP contribution in [0.3, 0.4) is 0 Å². The standard InChI is InChI=1S/C8H14O/c1-4-7-5-6-8(2,3)9-7/h4H,5-6H2,1-3H3/b7-4-. The lowest BCUT2D eigenvalue weighted by molar-refractivity contribution is 0.0764. The predicted octanol–water partition coefficient (Wildman–Crippen LogP) is 2.48. The summed E-state index contributed by atoms with van der Waals surface area (Å²) < 4.78 is 5.56. The molecule has 9 heavy (non-hydrogen) atoms. The lowest BCUT2D eigenvalue weighted by Gasteiger charge is -2.16. The van der Waals surface area contributed by atoms with Crippen LogP contribution >= 0.6 is 0 Å². The van der Waals surface area contributed by atoms with Crippen LogP contribution in [0.4, 0.5) is 0 Å². The van der Waals surface area contributed by atoms with Gasteiger partial charge in [0.2, 0.25) is 0 Å². The van der Waals surface area contributed by atoms with E-state index in [0.717, 1.165) is 18.6 Å². The topological polar surface area (TPSA) is 9.23 Å². The Morgan fingerprint density at radius 2 is 2.22 bits per heavy atom. The van der Waals surface area contributed by atoms with Gasteiger partial charge in [0, 0.05) is 6.42 Å². The van der Waals surface area contributed by atoms with Gasteiger partial charge in [-0.2, -0.15) is 0 Å². The molecule has 1 rings (SSSR count). The van der Waals surface area contributed by atoms with E-state index in [-0.39, 0.29) is 5.60 Å². The zero-order valence-electron chi connectivity index (χ0n) is 6.40. The first kappa shape index (κ1) is 6.66. The maximum absolute atomic E-state index is 5.56. The van der Waals surface area contributed by atoms with Crippen LogP contribution in [0.5, 0.6) is 0 Å². The fourth-order valence-corrected chi connectivity index (χ4v) is 1.08. The van der Waals surface area contributed by atoms with Crippen molar-refractivity contribution in [2.75, 3.05) is 0 Å². The van der Waals surface area contributed by atoms with Crippen molar-refractivity contribution >= 4 is 0 Å². The van der Waals surface area contributed by atoms with Crippen LogP contribution in [0.15, 0.2) is 11.8 Å². The van der Waals surface area contributed by atoms with Gasteiger partial charge < -0.3 is 4.74 Å². The summed E-state index contributed by atoms with van der Waals surface area (Å²) in [6.45, 7) is 6.28. The van der Waals surface area contributed by atoms with E-state index in [1.165, 1.54) is 0 Å². The van der Waals surface area contributed by atoms with Crippen molar-refractivity contribution in [1.82, 2.24) is 0 Å². The third kappa shape index (κ3) is 1.47. The van der Waals surface area contributed by atoms with E-state index in [0.29, 0.717) is 0 Å². The molecule has 0 unspecified atom stereocenters. The highest BCUT2D eigenvalue weighted by Crippen LogP contribution is 2.31. The molecule has 0 aromatic rings. The first-order chi connectivity index (χ1) is 4.14. The monoisotopic (exact) mass is 126 g/mol. The van der Waals surface area contributed by atoms with Crippen LogP contribution in [0.1, 0.15) is 33.6 Å². The van der Waals surface area contributed by atoms with Gasteiger partial charge in [-0.05, 0) is 33.3 Å². The molecule has 1 heterocycles. The van der Waals surface area contributed by atoms with Crippen molar-refractivity contribution in [3.63, 3.8) is 0 Å². The molecule has 1 heteroatoms. The van der Waals surface area contributed by atoms with Gasteiger partial charge in [0.15, 0.2) is 0 Å². The smallest absolute Gasteiger partial charge is 0.103 e. The Labute approximate surface area is 56.7 Å². The molecule has 0 bridgehead atoms. The maximum Gasteiger partial charge on any atom is 0.103 e. The summed E-state index contributed by atoms with van der Waals surface area (Å²) in [5.74, 6) is 1.15. The minimum Gasteiger partial charge on any atom is -0.493 e. The molecule has 0 atom stereocenters. The molecule has 52 valence electrons. The fraction of sp³-hybridized carbons (Fsp3) is 0.750. The Morgan fingerprint density at radius 1 is 1.56 bits per heavy atom. The molecule has 0 aliphatic carbocycles. The molecule has 1 aliphatic rings. The summed E-state index contributed by atoms with van der Waals surface area (Å²) in [5, 5.41) is 0. The van der Waals surface area contributed by atoms with Crippen LogP contribution in [0.25, 0.3) is 0 Å². The van der Waals surface area contributed by atoms with Crippen molar-refractivity contribution in [2.24, 2.45) is 0 Å². The number of rotatable bonds is 0. The van der Waals surface area contributed by atoms with Crippen molar-refractivity contribution in [2.45, 2.75) is 39.2 Å². The zero-order valence-corrected chi connectivity index (χ0v) is 6.40. The maximum atomic E-state index is 5.56. The van der Waals surface area contributed by atoms with Gasteiger partial charge in [0.25, 0.3) is 0 Å². The minimum absolute atomic E-state index is 0.0991. The van der Waals surface area contributed by atoms with Gasteiger partial charge in [-0.1, -0.05) is 0 Å². The number of allylic oxidation sites excluding steroid dienone is 2. The van der Waals surface area contributed by atoms with Crippen LogP contribution in [-0.4, -0.2) is 5.60 Å². The Bertz CT molecular complexity index is 134. The average Bonchev–Trinajstić information content (AvgIpc) is 2.10. The molecule has 1 nitrogen and oxygen atoms in total. The van der Waals surface area contributed by atoms with Crippen molar-refractivity contribution < 1.29 is 4.74 Å². The van der Waals surface area contributed by atoms with Crippen LogP contribution in [-0.2, 0) is 4.74 Å². The van der Waals surface area contributed by atoms with Gasteiger partial charge in [-0.25, -0.2) is 0 Å². The largest absolute Gasteiger partial charge is 0.493 e. The molecule has 1 aliphatic heterocycles. The normalized spacial score (nSPS) is 28.6. The zero-order chi connectivity index (χ0) is 6.91. The van der Waals surface area contributed by atoms with E-state index in [9.17, 15) is 0 Å². The summed E-state index contributed by atoms with van der Waals surface area (Å²) in [6, 6.07) is 0. The molecule has 0 aromatic carbocycles. The number of ether oxygens (including phenoxy) is 1. The van der Waals surface area contributed by atoms with Crippen LogP contribution in [0, 0.1) is 0 Å². The van der Waals surface area contributed by atoms with E-state index in [1.807, 2.05) is 6.92 Å². The summed E-state index contributed by atoms with van der Waals surface area (Å²) in [4.78, 5) is 0. The van der Waals surface area contributed by atoms with E-state index >= 15 is 0 Å². The number of hydrogen-bond acceptors (Lipinski definition) is 1. The molecular weight excluding hydrogens is 112 g/mol. The van der Waals surface area contributed by atoms with Gasteiger partial charge in [0.1, 0.15) is 5.60 Å². The average molecular weight is 126 g/mol.